The molecular weight excluding hydrogens is 218 g/mol. The summed E-state index contributed by atoms with van der Waals surface area (Å²) >= 11 is 0. The summed E-state index contributed by atoms with van der Waals surface area (Å²) in [5.41, 5.74) is -0.483. The predicted octanol–water partition coefficient (Wildman–Crippen LogP) is 2.47. The zero-order chi connectivity index (χ0) is 13.2. The maximum absolute atomic E-state index is 11.9. The number of Topliss-reactive ketones (excluding diaryl/α,β-unsaturated/α-hetero) is 1. The highest BCUT2D eigenvalue weighted by Gasteiger charge is 2.32. The highest BCUT2D eigenvalue weighted by molar-refractivity contribution is 5.79. The molecule has 4 nitrogen and oxygen atoms in total. The molecule has 17 heavy (non-hydrogen) atoms. The van der Waals surface area contributed by atoms with Gasteiger partial charge in [-0.3, -0.25) is 4.79 Å². The van der Waals surface area contributed by atoms with Crippen LogP contribution in [0.4, 0.5) is 4.79 Å². The average molecular weight is 241 g/mol. The number of carbonyl (C=O) groups excluding carboxylic acids is 2. The summed E-state index contributed by atoms with van der Waals surface area (Å²) in [6.45, 7) is 10.4. The molecule has 4 heteroatoms. The Labute approximate surface area is 103 Å². The Bertz CT molecular complexity index is 306. The van der Waals surface area contributed by atoms with E-state index in [0.29, 0.717) is 19.0 Å². The Morgan fingerprint density at radius 2 is 1.82 bits per heavy atom. The first-order valence-electron chi connectivity index (χ1n) is 6.17. The fraction of sp³-hybridized carbons (Fsp3) is 0.846. The molecule has 1 amide bonds. The molecular formula is C13H23NO3. The molecule has 1 fully saturated rings. The molecule has 1 saturated heterocycles. The second-order valence-corrected chi connectivity index (χ2v) is 6.03. The predicted molar refractivity (Wildman–Crippen MR) is 65.8 cm³/mol. The van der Waals surface area contributed by atoms with Gasteiger partial charge in [0.05, 0.1) is 0 Å². The molecule has 1 rings (SSSR count). The fourth-order valence-electron chi connectivity index (χ4n) is 2.12. The van der Waals surface area contributed by atoms with E-state index in [2.05, 4.69) is 6.92 Å². The molecule has 0 spiro atoms. The van der Waals surface area contributed by atoms with E-state index < -0.39 is 5.60 Å². The second-order valence-electron chi connectivity index (χ2n) is 6.03. The maximum Gasteiger partial charge on any atom is 0.410 e. The monoisotopic (exact) mass is 241 g/mol. The minimum atomic E-state index is -0.483. The molecule has 0 bridgehead atoms. The standard InChI is InChI=1S/C13H23NO3/c1-9-6-11(10(2)15)8-14(7-9)12(16)17-13(3,4)5/h9,11H,6-8H2,1-5H3/t9-,11+/m1/s1. The van der Waals surface area contributed by atoms with E-state index >= 15 is 0 Å². The van der Waals surface area contributed by atoms with Crippen molar-refractivity contribution in [2.45, 2.75) is 46.6 Å². The van der Waals surface area contributed by atoms with Gasteiger partial charge in [-0.05, 0) is 40.0 Å². The average Bonchev–Trinajstić information content (AvgIpc) is 2.13. The largest absolute Gasteiger partial charge is 0.444 e. The van der Waals surface area contributed by atoms with Crippen molar-refractivity contribution < 1.29 is 14.3 Å². The summed E-state index contributed by atoms with van der Waals surface area (Å²) in [4.78, 5) is 25.0. The SMILES string of the molecule is CC(=O)[C@H]1C[C@@H](C)CN(C(=O)OC(C)(C)C)C1. The number of carbonyl (C=O) groups is 2. The van der Waals surface area contributed by atoms with Crippen molar-refractivity contribution in [2.75, 3.05) is 13.1 Å². The molecule has 0 saturated carbocycles. The molecule has 1 aliphatic heterocycles. The van der Waals surface area contributed by atoms with Crippen LogP contribution in [0.25, 0.3) is 0 Å². The molecule has 0 radical (unpaired) electrons. The van der Waals surface area contributed by atoms with Gasteiger partial charge < -0.3 is 9.64 Å². The maximum atomic E-state index is 11.9. The number of rotatable bonds is 1. The summed E-state index contributed by atoms with van der Waals surface area (Å²) in [6.07, 6.45) is 0.560. The van der Waals surface area contributed by atoms with Gasteiger partial charge in [-0.2, -0.15) is 0 Å². The van der Waals surface area contributed by atoms with Gasteiger partial charge in [-0.1, -0.05) is 6.92 Å². The number of ketones is 1. The Kier molecular flexibility index (Phi) is 4.17. The lowest BCUT2D eigenvalue weighted by Gasteiger charge is -2.36. The Morgan fingerprint density at radius 3 is 2.29 bits per heavy atom. The van der Waals surface area contributed by atoms with E-state index in [0.717, 1.165) is 6.42 Å². The first-order valence-corrected chi connectivity index (χ1v) is 6.17. The van der Waals surface area contributed by atoms with Crippen LogP contribution in [-0.2, 0) is 9.53 Å². The van der Waals surface area contributed by atoms with Crippen molar-refractivity contribution in [1.29, 1.82) is 0 Å². The lowest BCUT2D eigenvalue weighted by molar-refractivity contribution is -0.122. The number of piperidine rings is 1. The van der Waals surface area contributed by atoms with Gasteiger partial charge in [0.15, 0.2) is 0 Å². The first-order chi connectivity index (χ1) is 7.69. The van der Waals surface area contributed by atoms with Gasteiger partial charge in [0.2, 0.25) is 0 Å². The van der Waals surface area contributed by atoms with Gasteiger partial charge in [0, 0.05) is 19.0 Å². The molecule has 0 N–H and O–H groups in total. The number of amides is 1. The van der Waals surface area contributed by atoms with E-state index in [9.17, 15) is 9.59 Å². The lowest BCUT2D eigenvalue weighted by Crippen LogP contribution is -2.47. The molecule has 0 aliphatic carbocycles. The van der Waals surface area contributed by atoms with Crippen molar-refractivity contribution >= 4 is 11.9 Å². The van der Waals surface area contributed by atoms with Gasteiger partial charge >= 0.3 is 6.09 Å². The van der Waals surface area contributed by atoms with E-state index in [1.807, 2.05) is 20.8 Å². The Balaban J connectivity index is 2.64. The zero-order valence-electron chi connectivity index (χ0n) is 11.4. The van der Waals surface area contributed by atoms with Gasteiger partial charge in [-0.25, -0.2) is 4.79 Å². The van der Waals surface area contributed by atoms with E-state index in [1.165, 1.54) is 0 Å². The number of hydrogen-bond acceptors (Lipinski definition) is 3. The van der Waals surface area contributed by atoms with Crippen LogP contribution in [0.3, 0.4) is 0 Å². The Hall–Kier alpha value is -1.06. The summed E-state index contributed by atoms with van der Waals surface area (Å²) in [5.74, 6) is 0.474. The molecule has 2 atom stereocenters. The number of ether oxygens (including phenoxy) is 1. The third kappa shape index (κ3) is 4.36. The van der Waals surface area contributed by atoms with E-state index in [-0.39, 0.29) is 17.8 Å². The van der Waals surface area contributed by atoms with Crippen LogP contribution in [0.5, 0.6) is 0 Å². The van der Waals surface area contributed by atoms with Crippen LogP contribution in [0.15, 0.2) is 0 Å². The minimum absolute atomic E-state index is 0.0359. The molecule has 0 unspecified atom stereocenters. The summed E-state index contributed by atoms with van der Waals surface area (Å²) in [6, 6.07) is 0. The molecule has 1 heterocycles. The molecule has 1 aliphatic rings. The second kappa shape index (κ2) is 5.07. The van der Waals surface area contributed by atoms with Crippen molar-refractivity contribution in [3.05, 3.63) is 0 Å². The quantitative estimate of drug-likeness (QED) is 0.708. The van der Waals surface area contributed by atoms with Gasteiger partial charge in [-0.15, -0.1) is 0 Å². The fourth-order valence-corrected chi connectivity index (χ4v) is 2.12. The van der Waals surface area contributed by atoms with Crippen molar-refractivity contribution in [1.82, 2.24) is 4.90 Å². The molecule has 0 aromatic carbocycles. The third-order valence-corrected chi connectivity index (χ3v) is 2.89. The number of likely N-dealkylation sites (tertiary alicyclic amines) is 1. The van der Waals surface area contributed by atoms with Crippen molar-refractivity contribution in [3.63, 3.8) is 0 Å². The smallest absolute Gasteiger partial charge is 0.410 e. The normalized spacial score (nSPS) is 25.6. The van der Waals surface area contributed by atoms with Crippen LogP contribution < -0.4 is 0 Å². The molecule has 0 aromatic heterocycles. The summed E-state index contributed by atoms with van der Waals surface area (Å²) in [5, 5.41) is 0. The topological polar surface area (TPSA) is 46.6 Å². The summed E-state index contributed by atoms with van der Waals surface area (Å²) in [7, 11) is 0. The van der Waals surface area contributed by atoms with E-state index in [1.54, 1.807) is 11.8 Å². The molecule has 98 valence electrons. The van der Waals surface area contributed by atoms with Crippen molar-refractivity contribution in [3.8, 4) is 0 Å². The first kappa shape index (κ1) is 14.0. The van der Waals surface area contributed by atoms with Crippen LogP contribution in [0.1, 0.15) is 41.0 Å². The van der Waals surface area contributed by atoms with Crippen LogP contribution in [0, 0.1) is 11.8 Å². The van der Waals surface area contributed by atoms with Gasteiger partial charge in [0.1, 0.15) is 11.4 Å². The number of nitrogens with zero attached hydrogens (tertiary/aromatic N) is 1. The van der Waals surface area contributed by atoms with Crippen LogP contribution in [-0.4, -0.2) is 35.5 Å². The van der Waals surface area contributed by atoms with Crippen molar-refractivity contribution in [2.24, 2.45) is 11.8 Å². The third-order valence-electron chi connectivity index (χ3n) is 2.89. The number of hydrogen-bond donors (Lipinski definition) is 0. The summed E-state index contributed by atoms with van der Waals surface area (Å²) < 4.78 is 5.33. The van der Waals surface area contributed by atoms with E-state index in [4.69, 9.17) is 4.74 Å². The lowest BCUT2D eigenvalue weighted by atomic mass is 9.88. The van der Waals surface area contributed by atoms with Gasteiger partial charge in [0.25, 0.3) is 0 Å². The highest BCUT2D eigenvalue weighted by atomic mass is 16.6. The van der Waals surface area contributed by atoms with Crippen LogP contribution >= 0.6 is 0 Å². The molecule has 0 aromatic rings. The highest BCUT2D eigenvalue weighted by Crippen LogP contribution is 2.23. The Morgan fingerprint density at radius 1 is 1.24 bits per heavy atom. The minimum Gasteiger partial charge on any atom is -0.444 e. The zero-order valence-corrected chi connectivity index (χ0v) is 11.4. The van der Waals surface area contributed by atoms with Crippen LogP contribution in [0.2, 0.25) is 0 Å².